The molecule has 31 heavy (non-hydrogen) atoms. The summed E-state index contributed by atoms with van der Waals surface area (Å²) >= 11 is 0. The van der Waals surface area contributed by atoms with Crippen LogP contribution in [0.1, 0.15) is 51.7 Å². The largest absolute Gasteiger partial charge is 0.394 e. The zero-order chi connectivity index (χ0) is 22.5. The summed E-state index contributed by atoms with van der Waals surface area (Å²) in [5.74, 6) is -0.255. The average Bonchev–Trinajstić information content (AvgIpc) is 3.19. The lowest BCUT2D eigenvalue weighted by atomic mass is 10.1. The number of aromatic amines is 1. The monoisotopic (exact) mass is 438 g/mol. The second kappa shape index (κ2) is 10.2. The van der Waals surface area contributed by atoms with Crippen molar-refractivity contribution in [3.63, 3.8) is 0 Å². The molecule has 1 saturated heterocycles. The Hall–Kier alpha value is -2.54. The minimum absolute atomic E-state index is 0.00726. The lowest BCUT2D eigenvalue weighted by Crippen LogP contribution is -2.33. The van der Waals surface area contributed by atoms with Crippen molar-refractivity contribution in [1.82, 2.24) is 19.5 Å². The van der Waals surface area contributed by atoms with E-state index in [4.69, 9.17) is 10.5 Å². The summed E-state index contributed by atoms with van der Waals surface area (Å²) in [6.45, 7) is 2.14. The third kappa shape index (κ3) is 4.87. The van der Waals surface area contributed by atoms with Gasteiger partial charge in [0.1, 0.15) is 23.8 Å². The number of aliphatic hydroxyl groups excluding tert-OH is 3. The van der Waals surface area contributed by atoms with Gasteiger partial charge < -0.3 is 31.1 Å². The summed E-state index contributed by atoms with van der Waals surface area (Å²) in [5, 5.41) is 32.6. The molecule has 172 valence electrons. The van der Waals surface area contributed by atoms with Crippen LogP contribution in [0, 0.1) is 0 Å². The molecule has 12 nitrogen and oxygen atoms in total. The molecule has 0 unspecified atom stereocenters. The van der Waals surface area contributed by atoms with Gasteiger partial charge in [0.25, 0.3) is 5.56 Å². The Morgan fingerprint density at radius 3 is 2.52 bits per heavy atom. The molecule has 2 aromatic rings. The highest BCUT2D eigenvalue weighted by Crippen LogP contribution is 2.32. The molecular formula is C19H30N6O6. The molecule has 0 saturated carbocycles. The fourth-order valence-electron chi connectivity index (χ4n) is 3.71. The number of nitrogens with two attached hydrogens (primary N) is 1. The van der Waals surface area contributed by atoms with Gasteiger partial charge in [0.2, 0.25) is 11.9 Å². The Morgan fingerprint density at radius 2 is 1.84 bits per heavy atom. The molecule has 1 aliphatic rings. The average molecular weight is 438 g/mol. The lowest BCUT2D eigenvalue weighted by molar-refractivity contribution is -0.0499. The highest BCUT2D eigenvalue weighted by Gasteiger charge is 2.44. The fraction of sp³-hybridized carbons (Fsp3) is 0.684. The highest BCUT2D eigenvalue weighted by molar-refractivity contribution is 5.76. The minimum Gasteiger partial charge on any atom is -0.394 e. The molecule has 0 aliphatic carbocycles. The number of fused-ring (bicyclic) bond motifs is 1. The van der Waals surface area contributed by atoms with E-state index < -0.39 is 42.3 Å². The first-order valence-electron chi connectivity index (χ1n) is 10.6. The Morgan fingerprint density at radius 1 is 1.13 bits per heavy atom. The van der Waals surface area contributed by atoms with Crippen LogP contribution in [0.5, 0.6) is 0 Å². The van der Waals surface area contributed by atoms with Crippen LogP contribution in [0.4, 0.5) is 11.9 Å². The van der Waals surface area contributed by atoms with Crippen molar-refractivity contribution in [3.05, 3.63) is 20.7 Å². The highest BCUT2D eigenvalue weighted by atomic mass is 16.6. The van der Waals surface area contributed by atoms with Crippen LogP contribution in [0.3, 0.4) is 0 Å². The molecule has 12 heteroatoms. The van der Waals surface area contributed by atoms with E-state index in [1.165, 1.54) is 19.3 Å². The number of aliphatic hydroxyl groups is 3. The first kappa shape index (κ1) is 23.1. The first-order chi connectivity index (χ1) is 14.9. The minimum atomic E-state index is -1.49. The van der Waals surface area contributed by atoms with E-state index in [-0.39, 0.29) is 22.9 Å². The smallest absolute Gasteiger partial charge is 0.301 e. The molecule has 0 bridgehead atoms. The van der Waals surface area contributed by atoms with E-state index in [0.717, 1.165) is 23.8 Å². The van der Waals surface area contributed by atoms with Gasteiger partial charge in [-0.3, -0.25) is 19.1 Å². The van der Waals surface area contributed by atoms with Crippen molar-refractivity contribution in [2.75, 3.05) is 24.2 Å². The zero-order valence-electron chi connectivity index (χ0n) is 17.5. The molecule has 3 rings (SSSR count). The predicted molar refractivity (Wildman–Crippen MR) is 114 cm³/mol. The molecule has 0 aromatic carbocycles. The summed E-state index contributed by atoms with van der Waals surface area (Å²) in [6, 6.07) is 0. The zero-order valence-corrected chi connectivity index (χ0v) is 17.5. The molecule has 7 N–H and O–H groups in total. The van der Waals surface area contributed by atoms with E-state index >= 15 is 0 Å². The van der Waals surface area contributed by atoms with Crippen LogP contribution in [0.15, 0.2) is 9.59 Å². The van der Waals surface area contributed by atoms with Crippen LogP contribution in [0.2, 0.25) is 0 Å². The molecular weight excluding hydrogens is 408 g/mol. The van der Waals surface area contributed by atoms with Crippen molar-refractivity contribution in [3.8, 4) is 0 Å². The topological polar surface area (TPSA) is 189 Å². The number of imidazole rings is 1. The first-order valence-corrected chi connectivity index (χ1v) is 10.6. The van der Waals surface area contributed by atoms with E-state index in [1.54, 1.807) is 0 Å². The lowest BCUT2D eigenvalue weighted by Gasteiger charge is -2.17. The third-order valence-electron chi connectivity index (χ3n) is 5.40. The number of aromatic nitrogens is 4. The van der Waals surface area contributed by atoms with Gasteiger partial charge in [-0.1, -0.05) is 39.0 Å². The van der Waals surface area contributed by atoms with Crippen molar-refractivity contribution in [1.29, 1.82) is 0 Å². The number of nitrogens with zero attached hydrogens (tertiary/aromatic N) is 3. The van der Waals surface area contributed by atoms with E-state index in [9.17, 15) is 24.9 Å². The van der Waals surface area contributed by atoms with Gasteiger partial charge in [-0.15, -0.1) is 0 Å². The number of nitrogens with one attached hydrogen (secondary N) is 2. The predicted octanol–water partition coefficient (Wildman–Crippen LogP) is -0.554. The molecule has 4 atom stereocenters. The van der Waals surface area contributed by atoms with E-state index in [1.807, 2.05) is 0 Å². The van der Waals surface area contributed by atoms with Gasteiger partial charge in [-0.25, -0.2) is 4.98 Å². The van der Waals surface area contributed by atoms with Gasteiger partial charge in [0.15, 0.2) is 11.7 Å². The molecule has 1 aliphatic heterocycles. The van der Waals surface area contributed by atoms with Crippen LogP contribution in [0.25, 0.3) is 11.0 Å². The third-order valence-corrected chi connectivity index (χ3v) is 5.40. The van der Waals surface area contributed by atoms with Crippen LogP contribution < -0.4 is 22.2 Å². The molecule has 2 aromatic heterocycles. The number of anilines is 2. The Kier molecular flexibility index (Phi) is 7.59. The molecule has 1 fully saturated rings. The molecule has 0 radical (unpaired) electrons. The van der Waals surface area contributed by atoms with Gasteiger partial charge in [-0.05, 0) is 6.42 Å². The second-order valence-corrected chi connectivity index (χ2v) is 7.68. The Bertz CT molecular complexity index is 1010. The number of H-pyrrole nitrogens is 1. The Labute approximate surface area is 178 Å². The van der Waals surface area contributed by atoms with Crippen molar-refractivity contribution >= 4 is 22.9 Å². The van der Waals surface area contributed by atoms with E-state index in [0.29, 0.717) is 6.54 Å². The summed E-state index contributed by atoms with van der Waals surface area (Å²) in [5.41, 5.74) is 3.86. The van der Waals surface area contributed by atoms with Gasteiger partial charge in [0, 0.05) is 6.54 Å². The normalized spacial score (nSPS) is 23.5. The number of hydrogen-bond acceptors (Lipinski definition) is 10. The van der Waals surface area contributed by atoms with Crippen LogP contribution in [-0.2, 0) is 4.74 Å². The molecule has 0 amide bonds. The standard InChI is InChI=1S/C19H30N6O6/c1-2-3-4-5-6-7-8-21-19-23-15(29)11-12(16(30)24-19)25(18(20)22-11)17-14(28)13(27)10(9-26)31-17/h10,13-14,17,26-28H,2-9H2,1H3,(H2,20,22)(H2,21,23,24,29,30)/t10-,13-,14-,17+/m1/s1. The number of ether oxygens (including phenoxy) is 1. The summed E-state index contributed by atoms with van der Waals surface area (Å²) < 4.78 is 6.49. The summed E-state index contributed by atoms with van der Waals surface area (Å²) in [7, 11) is 0. The van der Waals surface area contributed by atoms with Crippen LogP contribution >= 0.6 is 0 Å². The maximum absolute atomic E-state index is 12.8. The van der Waals surface area contributed by atoms with Gasteiger partial charge in [0.05, 0.1) is 6.61 Å². The number of hydrogen-bond donors (Lipinski definition) is 6. The van der Waals surface area contributed by atoms with Crippen molar-refractivity contribution < 1.29 is 20.1 Å². The van der Waals surface area contributed by atoms with Crippen molar-refractivity contribution in [2.24, 2.45) is 0 Å². The van der Waals surface area contributed by atoms with E-state index in [2.05, 4.69) is 27.2 Å². The molecule has 0 spiro atoms. The van der Waals surface area contributed by atoms with Crippen LogP contribution in [-0.4, -0.2) is 66.3 Å². The quantitative estimate of drug-likeness (QED) is 0.262. The summed E-state index contributed by atoms with van der Waals surface area (Å²) in [6.07, 6.45) is 1.29. The van der Waals surface area contributed by atoms with Gasteiger partial charge in [-0.2, -0.15) is 4.98 Å². The summed E-state index contributed by atoms with van der Waals surface area (Å²) in [4.78, 5) is 35.7. The second-order valence-electron chi connectivity index (χ2n) is 7.68. The Balaban J connectivity index is 1.86. The van der Waals surface area contributed by atoms with Gasteiger partial charge >= 0.3 is 5.56 Å². The maximum atomic E-state index is 12.8. The fourth-order valence-corrected chi connectivity index (χ4v) is 3.71. The number of rotatable bonds is 10. The van der Waals surface area contributed by atoms with Crippen molar-refractivity contribution in [2.45, 2.75) is 70.0 Å². The SMILES string of the molecule is CCCCCCCCNc1nc(=O)c2nc(N)n([C@H]3O[C@H](CO)[C@@H](O)[C@H]3O)c2c(=O)[nH]1. The maximum Gasteiger partial charge on any atom is 0.301 e. The molecule has 3 heterocycles. The number of nitrogen functional groups attached to an aromatic ring is 1. The number of unbranched alkanes of at least 4 members (excludes halogenated alkanes) is 5.